The first-order chi connectivity index (χ1) is 9.63. The van der Waals surface area contributed by atoms with Crippen LogP contribution in [0.2, 0.25) is 0 Å². The molecule has 0 aromatic carbocycles. The van der Waals surface area contributed by atoms with Gasteiger partial charge in [0, 0.05) is 11.5 Å². The normalized spacial score (nSPS) is 38.1. The van der Waals surface area contributed by atoms with Crippen molar-refractivity contribution in [3.05, 3.63) is 23.3 Å². The maximum Gasteiger partial charge on any atom is 0.354 e. The molecule has 4 heteroatoms. The van der Waals surface area contributed by atoms with E-state index in [4.69, 9.17) is 0 Å². The summed E-state index contributed by atoms with van der Waals surface area (Å²) in [6.07, 6.45) is 8.17. The summed E-state index contributed by atoms with van der Waals surface area (Å²) in [6.45, 7) is 1.88. The average molecular weight is 272 g/mol. The van der Waals surface area contributed by atoms with Gasteiger partial charge in [-0.25, -0.2) is 14.8 Å². The lowest BCUT2D eigenvalue weighted by Crippen LogP contribution is -2.44. The van der Waals surface area contributed by atoms with E-state index in [0.717, 1.165) is 34.9 Å². The first kappa shape index (κ1) is 12.3. The number of hydrogen-bond acceptors (Lipinski definition) is 3. The molecule has 1 N–H and O–H groups in total. The maximum absolute atomic E-state index is 11.3. The van der Waals surface area contributed by atoms with Crippen molar-refractivity contribution >= 4 is 5.97 Å². The fraction of sp³-hybridized carbons (Fsp3) is 0.688. The Bertz CT molecular complexity index is 542. The quantitative estimate of drug-likeness (QED) is 0.898. The highest BCUT2D eigenvalue weighted by atomic mass is 16.4. The number of nitrogens with zero attached hydrogens (tertiary/aromatic N) is 2. The van der Waals surface area contributed by atoms with E-state index in [1.54, 1.807) is 0 Å². The summed E-state index contributed by atoms with van der Waals surface area (Å²) >= 11 is 0. The summed E-state index contributed by atoms with van der Waals surface area (Å²) in [5.41, 5.74) is 1.99. The molecule has 0 amide bonds. The van der Waals surface area contributed by atoms with E-state index in [0.29, 0.717) is 5.92 Å². The third-order valence-electron chi connectivity index (χ3n) is 5.87. The fourth-order valence-corrected chi connectivity index (χ4v) is 5.39. The number of carboxylic acid groups (broad SMARTS) is 1. The Balaban J connectivity index is 1.75. The smallest absolute Gasteiger partial charge is 0.354 e. The highest BCUT2D eigenvalue weighted by Crippen LogP contribution is 2.59. The van der Waals surface area contributed by atoms with Gasteiger partial charge in [0.2, 0.25) is 0 Å². The summed E-state index contributed by atoms with van der Waals surface area (Å²) < 4.78 is 0. The van der Waals surface area contributed by atoms with Gasteiger partial charge in [0.25, 0.3) is 0 Å². The van der Waals surface area contributed by atoms with E-state index in [1.165, 1.54) is 38.4 Å². The van der Waals surface area contributed by atoms with Gasteiger partial charge in [-0.3, -0.25) is 0 Å². The molecule has 1 aromatic rings. The predicted molar refractivity (Wildman–Crippen MR) is 73.5 cm³/mol. The fourth-order valence-electron chi connectivity index (χ4n) is 5.39. The molecule has 0 atom stereocenters. The molecule has 106 valence electrons. The van der Waals surface area contributed by atoms with E-state index < -0.39 is 5.97 Å². The number of carboxylic acids is 1. The molecular weight excluding hydrogens is 252 g/mol. The Morgan fingerprint density at radius 3 is 2.25 bits per heavy atom. The van der Waals surface area contributed by atoms with Crippen LogP contribution in [-0.2, 0) is 0 Å². The van der Waals surface area contributed by atoms with Crippen molar-refractivity contribution in [3.8, 4) is 0 Å². The molecule has 0 unspecified atom stereocenters. The van der Waals surface area contributed by atoms with Crippen LogP contribution in [0.3, 0.4) is 0 Å². The lowest BCUT2D eigenvalue weighted by atomic mass is 9.51. The summed E-state index contributed by atoms with van der Waals surface area (Å²) in [6, 6.07) is 0. The van der Waals surface area contributed by atoms with Gasteiger partial charge in [-0.05, 0) is 62.7 Å². The summed E-state index contributed by atoms with van der Waals surface area (Å²) in [5.74, 6) is 2.84. The second-order valence-electron chi connectivity index (χ2n) is 6.99. The Morgan fingerprint density at radius 2 is 1.70 bits per heavy atom. The highest BCUT2D eigenvalue weighted by Gasteiger charge is 2.49. The Kier molecular flexibility index (Phi) is 2.63. The van der Waals surface area contributed by atoms with Crippen LogP contribution in [0.25, 0.3) is 0 Å². The highest BCUT2D eigenvalue weighted by molar-refractivity contribution is 5.87. The molecule has 0 radical (unpaired) electrons. The van der Waals surface area contributed by atoms with Crippen LogP contribution in [0.4, 0.5) is 0 Å². The molecule has 4 aliphatic carbocycles. The topological polar surface area (TPSA) is 63.1 Å². The second kappa shape index (κ2) is 4.27. The molecule has 1 heterocycles. The van der Waals surface area contributed by atoms with Gasteiger partial charge >= 0.3 is 5.97 Å². The van der Waals surface area contributed by atoms with E-state index in [9.17, 15) is 9.90 Å². The predicted octanol–water partition coefficient (Wildman–Crippen LogP) is 3.02. The number of hydrogen-bond donors (Lipinski definition) is 1. The minimum atomic E-state index is -0.935. The first-order valence-electron chi connectivity index (χ1n) is 7.68. The molecule has 20 heavy (non-hydrogen) atoms. The van der Waals surface area contributed by atoms with E-state index >= 15 is 0 Å². The molecule has 4 bridgehead atoms. The van der Waals surface area contributed by atoms with Crippen LogP contribution < -0.4 is 0 Å². The van der Waals surface area contributed by atoms with E-state index in [1.807, 2.05) is 6.92 Å². The van der Waals surface area contributed by atoms with Crippen molar-refractivity contribution < 1.29 is 9.90 Å². The standard InChI is InChI=1S/C16H20N2O2/c1-8-14(17-7-18-15(8)16(19)20)13-11-3-9-2-10(5-11)6-12(13)4-9/h7,9-13H,2-6H2,1H3,(H,19,20). The molecule has 1 aromatic heterocycles. The van der Waals surface area contributed by atoms with Gasteiger partial charge in [-0.2, -0.15) is 0 Å². The minimum absolute atomic E-state index is 0.184. The van der Waals surface area contributed by atoms with Crippen molar-refractivity contribution in [1.82, 2.24) is 9.97 Å². The monoisotopic (exact) mass is 272 g/mol. The van der Waals surface area contributed by atoms with Gasteiger partial charge in [-0.15, -0.1) is 0 Å². The molecule has 4 nitrogen and oxygen atoms in total. The second-order valence-corrected chi connectivity index (χ2v) is 6.99. The van der Waals surface area contributed by atoms with Gasteiger partial charge in [0.15, 0.2) is 5.69 Å². The van der Waals surface area contributed by atoms with Gasteiger partial charge in [-0.1, -0.05) is 0 Å². The van der Waals surface area contributed by atoms with Crippen molar-refractivity contribution in [2.75, 3.05) is 0 Å². The summed E-state index contributed by atoms with van der Waals surface area (Å²) in [4.78, 5) is 19.7. The van der Waals surface area contributed by atoms with Gasteiger partial charge < -0.3 is 5.11 Å². The van der Waals surface area contributed by atoms with Crippen molar-refractivity contribution in [2.24, 2.45) is 23.7 Å². The Hall–Kier alpha value is -1.45. The lowest BCUT2D eigenvalue weighted by molar-refractivity contribution is -0.00448. The van der Waals surface area contributed by atoms with Crippen LogP contribution >= 0.6 is 0 Å². The number of aromatic nitrogens is 2. The number of aromatic carboxylic acids is 1. The molecule has 0 spiro atoms. The molecular formula is C16H20N2O2. The van der Waals surface area contributed by atoms with Crippen LogP contribution in [-0.4, -0.2) is 21.0 Å². The van der Waals surface area contributed by atoms with Crippen LogP contribution in [0, 0.1) is 30.6 Å². The average Bonchev–Trinajstić information content (AvgIpc) is 2.39. The lowest BCUT2D eigenvalue weighted by Gasteiger charge is -2.54. The molecule has 4 aliphatic rings. The largest absolute Gasteiger partial charge is 0.477 e. The van der Waals surface area contributed by atoms with Crippen molar-refractivity contribution in [2.45, 2.75) is 44.9 Å². The van der Waals surface area contributed by atoms with Crippen LogP contribution in [0.5, 0.6) is 0 Å². The molecule has 0 saturated heterocycles. The zero-order valence-corrected chi connectivity index (χ0v) is 11.7. The summed E-state index contributed by atoms with van der Waals surface area (Å²) in [5, 5.41) is 9.25. The molecule has 5 rings (SSSR count). The molecule has 4 saturated carbocycles. The molecule has 0 aliphatic heterocycles. The van der Waals surface area contributed by atoms with Gasteiger partial charge in [0.05, 0.1) is 5.69 Å². The Morgan fingerprint density at radius 1 is 1.10 bits per heavy atom. The maximum atomic E-state index is 11.3. The SMILES string of the molecule is Cc1c(C(=O)O)ncnc1C1C2CC3CC(C2)CC1C3. The summed E-state index contributed by atoms with van der Waals surface area (Å²) in [7, 11) is 0. The third kappa shape index (κ3) is 1.70. The van der Waals surface area contributed by atoms with E-state index in [2.05, 4.69) is 9.97 Å². The van der Waals surface area contributed by atoms with Crippen LogP contribution in [0.1, 0.15) is 59.8 Å². The first-order valence-corrected chi connectivity index (χ1v) is 7.68. The minimum Gasteiger partial charge on any atom is -0.477 e. The molecule has 4 fully saturated rings. The third-order valence-corrected chi connectivity index (χ3v) is 5.87. The van der Waals surface area contributed by atoms with Gasteiger partial charge in [0.1, 0.15) is 6.33 Å². The zero-order chi connectivity index (χ0) is 13.9. The van der Waals surface area contributed by atoms with Crippen LogP contribution in [0.15, 0.2) is 6.33 Å². The Labute approximate surface area is 118 Å². The van der Waals surface area contributed by atoms with Crippen molar-refractivity contribution in [1.29, 1.82) is 0 Å². The van der Waals surface area contributed by atoms with E-state index in [-0.39, 0.29) is 5.69 Å². The number of rotatable bonds is 2. The zero-order valence-electron chi connectivity index (χ0n) is 11.7. The number of carbonyl (C=O) groups is 1. The van der Waals surface area contributed by atoms with Crippen molar-refractivity contribution in [3.63, 3.8) is 0 Å².